The number of halogens is 1. The first-order valence-corrected chi connectivity index (χ1v) is 8.11. The molecule has 1 aromatic carbocycles. The molecule has 1 amide bonds. The maximum absolute atomic E-state index is 12.9. The lowest BCUT2D eigenvalue weighted by atomic mass is 10.1. The lowest BCUT2D eigenvalue weighted by Crippen LogP contribution is -2.57. The van der Waals surface area contributed by atoms with E-state index in [1.165, 1.54) is 16.8 Å². The van der Waals surface area contributed by atoms with Gasteiger partial charge in [0.2, 0.25) is 0 Å². The van der Waals surface area contributed by atoms with Gasteiger partial charge in [-0.05, 0) is 26.8 Å². The summed E-state index contributed by atoms with van der Waals surface area (Å²) in [4.78, 5) is 25.1. The largest absolute Gasteiger partial charge is 0.332 e. The molecule has 1 aliphatic rings. The van der Waals surface area contributed by atoms with Crippen LogP contribution in [0.3, 0.4) is 0 Å². The third-order valence-corrected chi connectivity index (χ3v) is 4.68. The molecule has 2 unspecified atom stereocenters. The van der Waals surface area contributed by atoms with Crippen LogP contribution in [0.2, 0.25) is 0 Å². The number of piperazine rings is 1. The van der Waals surface area contributed by atoms with Crippen molar-refractivity contribution in [2.24, 2.45) is 0 Å². The van der Waals surface area contributed by atoms with Crippen LogP contribution in [0.4, 0.5) is 5.69 Å². The first-order valence-electron chi connectivity index (χ1n) is 8.11. The zero-order valence-electron chi connectivity index (χ0n) is 14.7. The Kier molecular flexibility index (Phi) is 5.94. The molecule has 1 fully saturated rings. The van der Waals surface area contributed by atoms with Crippen LogP contribution in [-0.2, 0) is 0 Å². The molecule has 0 spiro atoms. The molecule has 0 bridgehead atoms. The minimum absolute atomic E-state index is 0. The van der Waals surface area contributed by atoms with Crippen molar-refractivity contribution < 1.29 is 9.72 Å². The Morgan fingerprint density at radius 3 is 2.81 bits per heavy atom. The van der Waals surface area contributed by atoms with Gasteiger partial charge in [-0.3, -0.25) is 14.9 Å². The number of nitro groups is 1. The summed E-state index contributed by atoms with van der Waals surface area (Å²) in [7, 11) is 0. The van der Waals surface area contributed by atoms with Crippen LogP contribution < -0.4 is 5.32 Å². The van der Waals surface area contributed by atoms with Crippen molar-refractivity contribution in [1.82, 2.24) is 25.2 Å². The van der Waals surface area contributed by atoms with E-state index in [1.807, 2.05) is 13.8 Å². The number of rotatable bonds is 3. The number of benzene rings is 1. The molecule has 10 heteroatoms. The third-order valence-electron chi connectivity index (χ3n) is 4.68. The minimum Gasteiger partial charge on any atom is -0.332 e. The van der Waals surface area contributed by atoms with E-state index < -0.39 is 4.92 Å². The number of nitro benzene ring substituents is 1. The highest BCUT2D eigenvalue weighted by Crippen LogP contribution is 2.20. The van der Waals surface area contributed by atoms with Crippen LogP contribution in [-0.4, -0.2) is 55.9 Å². The van der Waals surface area contributed by atoms with Crippen molar-refractivity contribution in [1.29, 1.82) is 0 Å². The molecule has 9 nitrogen and oxygen atoms in total. The van der Waals surface area contributed by atoms with Gasteiger partial charge in [0.15, 0.2) is 5.69 Å². The molecule has 0 saturated carbocycles. The van der Waals surface area contributed by atoms with E-state index in [4.69, 9.17) is 0 Å². The van der Waals surface area contributed by atoms with Crippen LogP contribution in [0.1, 0.15) is 30.0 Å². The number of nitrogens with zero attached hydrogens (tertiary/aromatic N) is 5. The number of hydrogen-bond acceptors (Lipinski definition) is 6. The van der Waals surface area contributed by atoms with Crippen LogP contribution in [0, 0.1) is 17.0 Å². The van der Waals surface area contributed by atoms with E-state index in [0.717, 1.165) is 6.54 Å². The molecule has 1 aromatic heterocycles. The van der Waals surface area contributed by atoms with Crippen molar-refractivity contribution >= 4 is 24.0 Å². The predicted molar refractivity (Wildman–Crippen MR) is 98.0 cm³/mol. The third kappa shape index (κ3) is 3.54. The first kappa shape index (κ1) is 19.8. The first-order chi connectivity index (χ1) is 11.9. The monoisotopic (exact) mass is 380 g/mol. The highest BCUT2D eigenvalue weighted by Gasteiger charge is 2.31. The fourth-order valence-corrected chi connectivity index (χ4v) is 2.99. The second-order valence-corrected chi connectivity index (χ2v) is 6.19. The van der Waals surface area contributed by atoms with Crippen LogP contribution in [0.15, 0.2) is 24.3 Å². The average Bonchev–Trinajstić information content (AvgIpc) is 2.98. The maximum Gasteiger partial charge on any atom is 0.276 e. The summed E-state index contributed by atoms with van der Waals surface area (Å²) in [5.41, 5.74) is 1.29. The highest BCUT2D eigenvalue weighted by molar-refractivity contribution is 5.93. The molecule has 1 saturated heterocycles. The number of aromatic nitrogens is 3. The zero-order valence-corrected chi connectivity index (χ0v) is 15.6. The Bertz CT molecular complexity index is 824. The quantitative estimate of drug-likeness (QED) is 0.642. The number of nitrogens with one attached hydrogen (secondary N) is 1. The lowest BCUT2D eigenvalue weighted by Gasteiger charge is -2.38. The van der Waals surface area contributed by atoms with Gasteiger partial charge >= 0.3 is 0 Å². The molecule has 2 heterocycles. The molecule has 1 aliphatic heterocycles. The summed E-state index contributed by atoms with van der Waals surface area (Å²) in [6, 6.07) is 6.33. The average molecular weight is 381 g/mol. The summed E-state index contributed by atoms with van der Waals surface area (Å²) in [5, 5.41) is 22.3. The molecule has 0 aliphatic carbocycles. The molecular formula is C16H21ClN6O3. The topological polar surface area (TPSA) is 106 Å². The van der Waals surface area contributed by atoms with Crippen molar-refractivity contribution in [2.45, 2.75) is 32.9 Å². The van der Waals surface area contributed by atoms with E-state index >= 15 is 0 Å². The highest BCUT2D eigenvalue weighted by atomic mass is 35.5. The van der Waals surface area contributed by atoms with Crippen molar-refractivity contribution in [3.8, 4) is 5.69 Å². The van der Waals surface area contributed by atoms with Gasteiger partial charge < -0.3 is 10.2 Å². The molecule has 0 radical (unpaired) electrons. The van der Waals surface area contributed by atoms with Crippen molar-refractivity contribution in [2.75, 3.05) is 13.1 Å². The summed E-state index contributed by atoms with van der Waals surface area (Å²) in [6.45, 7) is 7.11. The van der Waals surface area contributed by atoms with Gasteiger partial charge in [0.25, 0.3) is 11.6 Å². The van der Waals surface area contributed by atoms with Crippen LogP contribution in [0.5, 0.6) is 0 Å². The maximum atomic E-state index is 12.9. The SMILES string of the molecule is Cc1c(C(=O)N2CCNC(C)C2C)nnn1-c1cccc([N+](=O)[O-])c1.Cl. The standard InChI is InChI=1S/C16H20N6O3.ClH/c1-10-11(2)20(8-7-17-10)16(23)15-12(3)21(19-18-15)13-5-4-6-14(9-13)22(24)25;/h4-6,9-11,17H,7-8H2,1-3H3;1H. The number of carbonyl (C=O) groups is 1. The fraction of sp³-hybridized carbons (Fsp3) is 0.438. The van der Waals surface area contributed by atoms with Gasteiger partial charge in [0.05, 0.1) is 16.3 Å². The molecule has 26 heavy (non-hydrogen) atoms. The van der Waals surface area contributed by atoms with Crippen LogP contribution >= 0.6 is 12.4 Å². The van der Waals surface area contributed by atoms with E-state index in [-0.39, 0.29) is 41.8 Å². The van der Waals surface area contributed by atoms with E-state index in [2.05, 4.69) is 15.6 Å². The fourth-order valence-electron chi connectivity index (χ4n) is 2.99. The Hall–Kier alpha value is -2.52. The summed E-state index contributed by atoms with van der Waals surface area (Å²) in [5.74, 6) is -0.171. The van der Waals surface area contributed by atoms with E-state index in [9.17, 15) is 14.9 Å². The van der Waals surface area contributed by atoms with E-state index in [0.29, 0.717) is 17.9 Å². The number of carbonyl (C=O) groups excluding carboxylic acids is 1. The van der Waals surface area contributed by atoms with Gasteiger partial charge in [-0.1, -0.05) is 11.3 Å². The van der Waals surface area contributed by atoms with Gasteiger partial charge in [-0.2, -0.15) is 0 Å². The number of amides is 1. The number of hydrogen-bond donors (Lipinski definition) is 1. The second-order valence-electron chi connectivity index (χ2n) is 6.19. The molecular weight excluding hydrogens is 360 g/mol. The molecule has 2 atom stereocenters. The summed E-state index contributed by atoms with van der Waals surface area (Å²) < 4.78 is 1.45. The van der Waals surface area contributed by atoms with Crippen molar-refractivity contribution in [3.05, 3.63) is 45.8 Å². The molecule has 1 N–H and O–H groups in total. The Balaban J connectivity index is 0.00000243. The Labute approximate surface area is 156 Å². The second kappa shape index (κ2) is 7.79. The van der Waals surface area contributed by atoms with Crippen LogP contribution in [0.25, 0.3) is 5.69 Å². The summed E-state index contributed by atoms with van der Waals surface area (Å²) in [6.07, 6.45) is 0. The predicted octanol–water partition coefficient (Wildman–Crippen LogP) is 1.73. The molecule has 3 rings (SSSR count). The Morgan fingerprint density at radius 1 is 1.38 bits per heavy atom. The molecule has 2 aromatic rings. The summed E-state index contributed by atoms with van der Waals surface area (Å²) >= 11 is 0. The van der Waals surface area contributed by atoms with Gasteiger partial charge in [-0.25, -0.2) is 4.68 Å². The Morgan fingerprint density at radius 2 is 2.12 bits per heavy atom. The smallest absolute Gasteiger partial charge is 0.276 e. The van der Waals surface area contributed by atoms with Gasteiger partial charge in [0, 0.05) is 37.3 Å². The molecule has 140 valence electrons. The van der Waals surface area contributed by atoms with Gasteiger partial charge in [-0.15, -0.1) is 17.5 Å². The lowest BCUT2D eigenvalue weighted by molar-refractivity contribution is -0.384. The normalized spacial score (nSPS) is 19.7. The number of non-ortho nitro benzene ring substituents is 1. The van der Waals surface area contributed by atoms with Crippen molar-refractivity contribution in [3.63, 3.8) is 0 Å². The van der Waals surface area contributed by atoms with E-state index in [1.54, 1.807) is 24.0 Å². The zero-order chi connectivity index (χ0) is 18.1. The van der Waals surface area contributed by atoms with Gasteiger partial charge in [0.1, 0.15) is 0 Å². The minimum atomic E-state index is -0.467.